The van der Waals surface area contributed by atoms with Gasteiger partial charge in [0.1, 0.15) is 0 Å². The monoisotopic (exact) mass is 168 g/mol. The van der Waals surface area contributed by atoms with Crippen LogP contribution in [-0.4, -0.2) is 0 Å². The lowest BCUT2D eigenvalue weighted by atomic mass is 9.93. The van der Waals surface area contributed by atoms with Crippen molar-refractivity contribution in [2.45, 2.75) is 59.8 Å². The molecule has 1 aliphatic rings. The van der Waals surface area contributed by atoms with Crippen molar-refractivity contribution in [2.24, 2.45) is 5.92 Å². The number of hydrogen-bond acceptors (Lipinski definition) is 0. The fourth-order valence-corrected chi connectivity index (χ4v) is 1.61. The Balaban J connectivity index is 0.000000561. The third kappa shape index (κ3) is 5.40. The van der Waals surface area contributed by atoms with Crippen molar-refractivity contribution in [3.05, 3.63) is 11.6 Å². The van der Waals surface area contributed by atoms with E-state index in [-0.39, 0.29) is 0 Å². The van der Waals surface area contributed by atoms with E-state index in [2.05, 4.69) is 19.9 Å². The first-order chi connectivity index (χ1) is 5.79. The molecule has 0 amide bonds. The second kappa shape index (κ2) is 7.39. The van der Waals surface area contributed by atoms with Gasteiger partial charge in [-0.15, -0.1) is 0 Å². The molecule has 1 rings (SSSR count). The minimum atomic E-state index is 0.851. The van der Waals surface area contributed by atoms with Gasteiger partial charge in [-0.05, 0) is 38.0 Å². The lowest BCUT2D eigenvalue weighted by Crippen LogP contribution is -1.96. The molecule has 0 spiro atoms. The average molecular weight is 168 g/mol. The van der Waals surface area contributed by atoms with Crippen LogP contribution in [-0.2, 0) is 0 Å². The third-order valence-corrected chi connectivity index (χ3v) is 2.06. The summed E-state index contributed by atoms with van der Waals surface area (Å²) in [6.07, 6.45) is 9.34. The van der Waals surface area contributed by atoms with Crippen molar-refractivity contribution in [3.63, 3.8) is 0 Å². The lowest BCUT2D eigenvalue weighted by molar-refractivity contribution is 0.589. The van der Waals surface area contributed by atoms with Gasteiger partial charge in [-0.1, -0.05) is 39.3 Å². The Morgan fingerprint density at radius 3 is 2.33 bits per heavy atom. The van der Waals surface area contributed by atoms with E-state index in [4.69, 9.17) is 0 Å². The molecule has 0 aromatic carbocycles. The van der Waals surface area contributed by atoms with E-state index in [0.717, 1.165) is 5.92 Å². The number of hydrogen-bond donors (Lipinski definition) is 0. The number of rotatable bonds is 2. The zero-order valence-electron chi connectivity index (χ0n) is 9.19. The van der Waals surface area contributed by atoms with Crippen molar-refractivity contribution in [2.75, 3.05) is 0 Å². The summed E-state index contributed by atoms with van der Waals surface area (Å²) in [6.45, 7) is 8.60. The zero-order chi connectivity index (χ0) is 9.40. The maximum atomic E-state index is 2.45. The first-order valence-corrected chi connectivity index (χ1v) is 5.47. The van der Waals surface area contributed by atoms with Gasteiger partial charge < -0.3 is 0 Å². The van der Waals surface area contributed by atoms with E-state index in [1.807, 2.05) is 13.8 Å². The zero-order valence-corrected chi connectivity index (χ0v) is 9.19. The van der Waals surface area contributed by atoms with Crippen LogP contribution in [0.2, 0.25) is 0 Å². The fourth-order valence-electron chi connectivity index (χ4n) is 1.61. The van der Waals surface area contributed by atoms with Crippen molar-refractivity contribution in [3.8, 4) is 0 Å². The highest BCUT2D eigenvalue weighted by Gasteiger charge is 2.04. The molecule has 0 aromatic rings. The maximum absolute atomic E-state index is 2.45. The Hall–Kier alpha value is -0.260. The minimum absolute atomic E-state index is 0.851. The Labute approximate surface area is 78.1 Å². The highest BCUT2D eigenvalue weighted by atomic mass is 14.1. The lowest BCUT2D eigenvalue weighted by Gasteiger charge is -2.13. The summed E-state index contributed by atoms with van der Waals surface area (Å²) in [4.78, 5) is 0. The molecule has 0 bridgehead atoms. The molecule has 0 saturated carbocycles. The molecule has 72 valence electrons. The highest BCUT2D eigenvalue weighted by molar-refractivity contribution is 5.05. The predicted octanol–water partition coefficient (Wildman–Crippen LogP) is 4.56. The summed E-state index contributed by atoms with van der Waals surface area (Å²) in [5, 5.41) is 0. The summed E-state index contributed by atoms with van der Waals surface area (Å²) >= 11 is 0. The molecule has 0 N–H and O–H groups in total. The van der Waals surface area contributed by atoms with Crippen LogP contribution in [0.5, 0.6) is 0 Å². The summed E-state index contributed by atoms with van der Waals surface area (Å²) < 4.78 is 0. The molecular formula is C12H24. The Morgan fingerprint density at radius 1 is 1.25 bits per heavy atom. The van der Waals surface area contributed by atoms with Crippen LogP contribution in [0.1, 0.15) is 59.8 Å². The average Bonchev–Trinajstić information content (AvgIpc) is 2.08. The quantitative estimate of drug-likeness (QED) is 0.530. The molecule has 0 heterocycles. The first kappa shape index (κ1) is 11.7. The molecule has 0 radical (unpaired) electrons. The second-order valence-corrected chi connectivity index (χ2v) is 3.71. The van der Waals surface area contributed by atoms with Crippen LogP contribution in [0.15, 0.2) is 11.6 Å². The van der Waals surface area contributed by atoms with Gasteiger partial charge >= 0.3 is 0 Å². The summed E-state index contributed by atoms with van der Waals surface area (Å²) in [7, 11) is 0. The van der Waals surface area contributed by atoms with Gasteiger partial charge in [0.15, 0.2) is 0 Å². The van der Waals surface area contributed by atoms with Gasteiger partial charge in [-0.25, -0.2) is 0 Å². The van der Waals surface area contributed by atoms with Crippen molar-refractivity contribution in [1.82, 2.24) is 0 Å². The van der Waals surface area contributed by atoms with E-state index in [1.165, 1.54) is 32.1 Å². The number of allylic oxidation sites excluding steroid dienone is 2. The van der Waals surface area contributed by atoms with E-state index >= 15 is 0 Å². The van der Waals surface area contributed by atoms with Crippen molar-refractivity contribution < 1.29 is 0 Å². The molecule has 0 unspecified atom stereocenters. The largest absolute Gasteiger partial charge is 0.0853 e. The smallest absolute Gasteiger partial charge is 0.0297 e. The topological polar surface area (TPSA) is 0 Å². The summed E-state index contributed by atoms with van der Waals surface area (Å²) in [5.74, 6) is 0.851. The van der Waals surface area contributed by atoms with Crippen LogP contribution in [0.3, 0.4) is 0 Å². The van der Waals surface area contributed by atoms with Crippen LogP contribution in [0.25, 0.3) is 0 Å². The molecule has 0 nitrogen and oxygen atoms in total. The highest BCUT2D eigenvalue weighted by Crippen LogP contribution is 2.22. The second-order valence-electron chi connectivity index (χ2n) is 3.71. The van der Waals surface area contributed by atoms with Crippen LogP contribution in [0.4, 0.5) is 0 Å². The fraction of sp³-hybridized carbons (Fsp3) is 0.833. The third-order valence-electron chi connectivity index (χ3n) is 2.06. The van der Waals surface area contributed by atoms with Crippen molar-refractivity contribution >= 4 is 0 Å². The molecule has 0 saturated heterocycles. The minimum Gasteiger partial charge on any atom is -0.0853 e. The standard InChI is InChI=1S/C10H18.C2H6/c1-9(2)8-10-6-4-3-5-7-10;1-2/h6,9H,3-5,7-8H2,1-2H3;1-2H3. The van der Waals surface area contributed by atoms with E-state index in [1.54, 1.807) is 5.57 Å². The molecular weight excluding hydrogens is 144 g/mol. The van der Waals surface area contributed by atoms with Crippen LogP contribution < -0.4 is 0 Å². The normalized spacial score (nSPS) is 16.6. The van der Waals surface area contributed by atoms with Gasteiger partial charge in [0, 0.05) is 0 Å². The molecule has 12 heavy (non-hydrogen) atoms. The molecule has 0 aliphatic heterocycles. The SMILES string of the molecule is CC.CC(C)CC1=CCCCC1. The molecule has 0 heteroatoms. The first-order valence-electron chi connectivity index (χ1n) is 5.47. The van der Waals surface area contributed by atoms with E-state index in [9.17, 15) is 0 Å². The molecule has 1 aliphatic carbocycles. The van der Waals surface area contributed by atoms with E-state index in [0.29, 0.717) is 0 Å². The van der Waals surface area contributed by atoms with E-state index < -0.39 is 0 Å². The van der Waals surface area contributed by atoms with Gasteiger partial charge in [-0.2, -0.15) is 0 Å². The van der Waals surface area contributed by atoms with Crippen molar-refractivity contribution in [1.29, 1.82) is 0 Å². The predicted molar refractivity (Wildman–Crippen MR) is 57.4 cm³/mol. The molecule has 0 fully saturated rings. The van der Waals surface area contributed by atoms with Gasteiger partial charge in [-0.3, -0.25) is 0 Å². The maximum Gasteiger partial charge on any atom is -0.0297 e. The van der Waals surface area contributed by atoms with Gasteiger partial charge in [0.2, 0.25) is 0 Å². The van der Waals surface area contributed by atoms with Crippen LogP contribution in [0, 0.1) is 5.92 Å². The summed E-state index contributed by atoms with van der Waals surface area (Å²) in [5.41, 5.74) is 1.71. The Bertz CT molecular complexity index is 120. The molecule has 0 atom stereocenters. The molecule has 0 aromatic heterocycles. The van der Waals surface area contributed by atoms with Gasteiger partial charge in [0.25, 0.3) is 0 Å². The Kier molecular flexibility index (Phi) is 7.23. The Morgan fingerprint density at radius 2 is 1.92 bits per heavy atom. The van der Waals surface area contributed by atoms with Crippen LogP contribution >= 0.6 is 0 Å². The van der Waals surface area contributed by atoms with Gasteiger partial charge in [0.05, 0.1) is 0 Å². The summed E-state index contributed by atoms with van der Waals surface area (Å²) in [6, 6.07) is 0.